The van der Waals surface area contributed by atoms with Crippen molar-refractivity contribution >= 4 is 28.5 Å². The van der Waals surface area contributed by atoms with Crippen molar-refractivity contribution in [3.63, 3.8) is 0 Å². The molecule has 7 nitrogen and oxygen atoms in total. The normalized spacial score (nSPS) is 16.6. The maximum absolute atomic E-state index is 13.1. The molecule has 0 saturated carbocycles. The van der Waals surface area contributed by atoms with Crippen LogP contribution in [-0.2, 0) is 22.4 Å². The topological polar surface area (TPSA) is 86.8 Å². The van der Waals surface area contributed by atoms with Crippen molar-refractivity contribution in [3.8, 4) is 11.5 Å². The number of aromatic nitrogens is 1. The highest BCUT2D eigenvalue weighted by Crippen LogP contribution is 2.34. The van der Waals surface area contributed by atoms with Gasteiger partial charge in [0.1, 0.15) is 0 Å². The van der Waals surface area contributed by atoms with E-state index < -0.39 is 11.9 Å². The first kappa shape index (κ1) is 19.4. The zero-order valence-corrected chi connectivity index (χ0v) is 17.1. The van der Waals surface area contributed by atoms with Crippen LogP contribution in [-0.4, -0.2) is 30.3 Å². The first-order valence-electron chi connectivity index (χ1n) is 10.4. The lowest BCUT2D eigenvalue weighted by Gasteiger charge is -2.24. The van der Waals surface area contributed by atoms with E-state index in [4.69, 9.17) is 19.2 Å². The molecule has 0 unspecified atom stereocenters. The largest absolute Gasteiger partial charge is 0.454 e. The van der Waals surface area contributed by atoms with Crippen LogP contribution in [0, 0.1) is 5.92 Å². The van der Waals surface area contributed by atoms with Crippen molar-refractivity contribution in [1.82, 2.24) is 4.98 Å². The monoisotopic (exact) mass is 418 g/mol. The average molecular weight is 418 g/mol. The minimum atomic E-state index is -0.496. The second-order valence-corrected chi connectivity index (χ2v) is 7.97. The minimum Gasteiger partial charge on any atom is -0.454 e. The van der Waals surface area contributed by atoms with Gasteiger partial charge in [0.25, 0.3) is 5.91 Å². The molecular formula is C24H22N2O5. The van der Waals surface area contributed by atoms with Gasteiger partial charge in [-0.15, -0.1) is 0 Å². The molecule has 158 valence electrons. The van der Waals surface area contributed by atoms with Crippen molar-refractivity contribution in [2.45, 2.75) is 26.2 Å². The predicted molar refractivity (Wildman–Crippen MR) is 114 cm³/mol. The van der Waals surface area contributed by atoms with Gasteiger partial charge in [0.05, 0.1) is 11.1 Å². The maximum atomic E-state index is 13.1. The predicted octanol–water partition coefficient (Wildman–Crippen LogP) is 3.88. The smallest absolute Gasteiger partial charge is 0.339 e. The number of amides is 1. The number of pyridine rings is 1. The van der Waals surface area contributed by atoms with Gasteiger partial charge >= 0.3 is 5.97 Å². The second kappa shape index (κ2) is 7.91. The lowest BCUT2D eigenvalue weighted by molar-refractivity contribution is -0.119. The SMILES string of the molecule is C[C@@H]1CCc2nc3ccccc3c(C(=O)OCC(=O)Nc3ccc4c(c3)OCO4)c2C1. The Hall–Kier alpha value is -3.61. The van der Waals surface area contributed by atoms with Crippen LogP contribution in [0.2, 0.25) is 0 Å². The van der Waals surface area contributed by atoms with Gasteiger partial charge in [0, 0.05) is 22.8 Å². The zero-order chi connectivity index (χ0) is 21.4. The van der Waals surface area contributed by atoms with E-state index in [1.165, 1.54) is 0 Å². The Morgan fingerprint density at radius 3 is 2.90 bits per heavy atom. The Bertz CT molecular complexity index is 1190. The van der Waals surface area contributed by atoms with Gasteiger partial charge in [-0.1, -0.05) is 25.1 Å². The van der Waals surface area contributed by atoms with E-state index in [9.17, 15) is 9.59 Å². The summed E-state index contributed by atoms with van der Waals surface area (Å²) in [5, 5.41) is 3.48. The first-order chi connectivity index (χ1) is 15.1. The molecule has 0 saturated heterocycles. The van der Waals surface area contributed by atoms with E-state index >= 15 is 0 Å². The summed E-state index contributed by atoms with van der Waals surface area (Å²) in [6, 6.07) is 12.7. The van der Waals surface area contributed by atoms with Gasteiger partial charge in [0.15, 0.2) is 18.1 Å². The molecule has 1 amide bonds. The summed E-state index contributed by atoms with van der Waals surface area (Å²) in [5.74, 6) is 0.751. The summed E-state index contributed by atoms with van der Waals surface area (Å²) < 4.78 is 16.0. The number of hydrogen-bond acceptors (Lipinski definition) is 6. The second-order valence-electron chi connectivity index (χ2n) is 7.97. The summed E-state index contributed by atoms with van der Waals surface area (Å²) in [4.78, 5) is 30.2. The number of esters is 1. The minimum absolute atomic E-state index is 0.160. The summed E-state index contributed by atoms with van der Waals surface area (Å²) >= 11 is 0. The summed E-state index contributed by atoms with van der Waals surface area (Å²) in [6.07, 6.45) is 2.66. The van der Waals surface area contributed by atoms with Crippen LogP contribution in [0.15, 0.2) is 42.5 Å². The fourth-order valence-corrected chi connectivity index (χ4v) is 4.17. The number of carbonyl (C=O) groups excluding carboxylic acids is 2. The van der Waals surface area contributed by atoms with E-state index in [-0.39, 0.29) is 13.4 Å². The summed E-state index contributed by atoms with van der Waals surface area (Å²) in [5.41, 5.74) is 3.74. The standard InChI is InChI=1S/C24H22N2O5/c1-14-6-8-19-17(10-14)23(16-4-2-3-5-18(16)26-19)24(28)29-12-22(27)25-15-7-9-20-21(11-15)31-13-30-20/h2-5,7,9,11,14H,6,8,10,12-13H2,1H3,(H,25,27)/t14-/m1/s1. The van der Waals surface area contributed by atoms with Crippen molar-refractivity contribution in [2.24, 2.45) is 5.92 Å². The Balaban J connectivity index is 1.34. The third-order valence-electron chi connectivity index (χ3n) is 5.70. The number of benzene rings is 2. The number of aryl methyl sites for hydroxylation is 1. The first-order valence-corrected chi connectivity index (χ1v) is 10.4. The fraction of sp³-hybridized carbons (Fsp3) is 0.292. The highest BCUT2D eigenvalue weighted by Gasteiger charge is 2.26. The summed E-state index contributed by atoms with van der Waals surface area (Å²) in [6.45, 7) is 1.95. The number of anilines is 1. The molecule has 1 aromatic heterocycles. The van der Waals surface area contributed by atoms with Crippen molar-refractivity contribution in [3.05, 3.63) is 59.3 Å². The van der Waals surface area contributed by atoms with Crippen LogP contribution in [0.4, 0.5) is 5.69 Å². The molecule has 0 bridgehead atoms. The van der Waals surface area contributed by atoms with Gasteiger partial charge < -0.3 is 19.5 Å². The van der Waals surface area contributed by atoms with E-state index in [1.54, 1.807) is 18.2 Å². The van der Waals surface area contributed by atoms with Gasteiger partial charge in [-0.2, -0.15) is 0 Å². The van der Waals surface area contributed by atoms with Gasteiger partial charge in [0.2, 0.25) is 6.79 Å². The molecule has 2 aliphatic rings. The van der Waals surface area contributed by atoms with Crippen LogP contribution >= 0.6 is 0 Å². The molecule has 0 radical (unpaired) electrons. The van der Waals surface area contributed by atoms with Crippen LogP contribution < -0.4 is 14.8 Å². The molecule has 2 heterocycles. The molecule has 0 spiro atoms. The molecule has 2 aromatic carbocycles. The third kappa shape index (κ3) is 3.79. The van der Waals surface area contributed by atoms with Gasteiger partial charge in [-0.3, -0.25) is 9.78 Å². The third-order valence-corrected chi connectivity index (χ3v) is 5.70. The number of para-hydroxylation sites is 1. The molecule has 31 heavy (non-hydrogen) atoms. The summed E-state index contributed by atoms with van der Waals surface area (Å²) in [7, 11) is 0. The number of ether oxygens (including phenoxy) is 3. The molecule has 3 aromatic rings. The Morgan fingerprint density at radius 2 is 2.00 bits per heavy atom. The van der Waals surface area contributed by atoms with Crippen molar-refractivity contribution in [1.29, 1.82) is 0 Å². The van der Waals surface area contributed by atoms with E-state index in [0.29, 0.717) is 28.7 Å². The molecular weight excluding hydrogens is 396 g/mol. The van der Waals surface area contributed by atoms with Crippen LogP contribution in [0.1, 0.15) is 35.0 Å². The molecule has 7 heteroatoms. The van der Waals surface area contributed by atoms with Crippen LogP contribution in [0.5, 0.6) is 11.5 Å². The highest BCUT2D eigenvalue weighted by atomic mass is 16.7. The Labute approximate surface area is 179 Å². The lowest BCUT2D eigenvalue weighted by Crippen LogP contribution is -2.23. The van der Waals surface area contributed by atoms with Crippen molar-refractivity contribution in [2.75, 3.05) is 18.7 Å². The average Bonchev–Trinajstić information content (AvgIpc) is 3.24. The zero-order valence-electron chi connectivity index (χ0n) is 17.1. The van der Waals surface area contributed by atoms with Gasteiger partial charge in [-0.05, 0) is 48.9 Å². The van der Waals surface area contributed by atoms with Gasteiger partial charge in [-0.25, -0.2) is 4.79 Å². The van der Waals surface area contributed by atoms with E-state index in [2.05, 4.69) is 12.2 Å². The maximum Gasteiger partial charge on any atom is 0.339 e. The lowest BCUT2D eigenvalue weighted by atomic mass is 9.84. The Kier molecular flexibility index (Phi) is 4.94. The Morgan fingerprint density at radius 1 is 1.16 bits per heavy atom. The highest BCUT2D eigenvalue weighted by molar-refractivity contribution is 6.06. The number of fused-ring (bicyclic) bond motifs is 3. The van der Waals surface area contributed by atoms with Crippen molar-refractivity contribution < 1.29 is 23.8 Å². The number of carbonyl (C=O) groups is 2. The van der Waals surface area contributed by atoms with Crippen LogP contribution in [0.25, 0.3) is 10.9 Å². The van der Waals surface area contributed by atoms with E-state index in [1.807, 2.05) is 24.3 Å². The number of nitrogens with zero attached hydrogens (tertiary/aromatic N) is 1. The number of nitrogens with one attached hydrogen (secondary N) is 1. The quantitative estimate of drug-likeness (QED) is 0.647. The number of hydrogen-bond donors (Lipinski definition) is 1. The molecule has 0 fully saturated rings. The van der Waals surface area contributed by atoms with E-state index in [0.717, 1.165) is 41.4 Å². The molecule has 1 atom stereocenters. The van der Waals surface area contributed by atoms with Crippen LogP contribution in [0.3, 0.4) is 0 Å². The molecule has 1 aliphatic carbocycles. The fourth-order valence-electron chi connectivity index (χ4n) is 4.17. The molecule has 5 rings (SSSR count). The molecule has 1 N–H and O–H groups in total. The molecule has 1 aliphatic heterocycles. The number of rotatable bonds is 4.